The molecule has 3 aliphatic rings. The Labute approximate surface area is 208 Å². The molecule has 0 aliphatic heterocycles. The van der Waals surface area contributed by atoms with Gasteiger partial charge in [-0.1, -0.05) is 0 Å². The van der Waals surface area contributed by atoms with Crippen LogP contribution >= 0.6 is 0 Å². The second-order valence-corrected chi connectivity index (χ2v) is 9.81. The van der Waals surface area contributed by atoms with Crippen LogP contribution in [0.3, 0.4) is 0 Å². The number of nitrogens with zero attached hydrogens (tertiary/aromatic N) is 2. The van der Waals surface area contributed by atoms with E-state index in [1.165, 1.54) is 12.3 Å². The molecule has 0 amide bonds. The number of carboxylic acid groups (broad SMARTS) is 1. The summed E-state index contributed by atoms with van der Waals surface area (Å²) in [7, 11) is 0. The normalized spacial score (nSPS) is 22.9. The number of hydrogen-bond acceptors (Lipinski definition) is 4. The number of hydrogen-bond donors (Lipinski definition) is 3. The van der Waals surface area contributed by atoms with Crippen molar-refractivity contribution >= 4 is 22.7 Å². The molecular formula is C27H22F4N4O2. The molecule has 10 heteroatoms. The summed E-state index contributed by atoms with van der Waals surface area (Å²) in [4.78, 5) is 24.0. The molecule has 190 valence electrons. The Hall–Kier alpha value is -3.95. The Morgan fingerprint density at radius 1 is 0.919 bits per heavy atom. The van der Waals surface area contributed by atoms with Gasteiger partial charge in [-0.05, 0) is 61.8 Å². The second-order valence-electron chi connectivity index (χ2n) is 9.81. The van der Waals surface area contributed by atoms with Gasteiger partial charge in [-0.3, -0.25) is 4.79 Å². The number of fused-ring (bicyclic) bond motifs is 4. The minimum absolute atomic E-state index is 0.0616. The van der Waals surface area contributed by atoms with Crippen molar-refractivity contribution in [2.45, 2.75) is 31.7 Å². The van der Waals surface area contributed by atoms with Crippen LogP contribution in [-0.2, 0) is 4.79 Å². The standard InChI is InChI=1S/C27H22F4N4O2/c28-15-8-16-17(11-32-25(16)20(31)9-15)26-33-21(14-5-6-18(29)19(30)7-14)10-22(35-26)34-24-13-3-1-12(2-4-13)23(24)27(36)37/h5-13,23-24,32H,1-4H2,(H,36,37)(H,33,34,35). The number of aromatic nitrogens is 3. The van der Waals surface area contributed by atoms with Gasteiger partial charge in [0.25, 0.3) is 0 Å². The molecule has 7 rings (SSSR count). The van der Waals surface area contributed by atoms with Crippen molar-refractivity contribution in [3.8, 4) is 22.6 Å². The van der Waals surface area contributed by atoms with Crippen molar-refractivity contribution in [3.05, 3.63) is 65.9 Å². The average Bonchev–Trinajstić information content (AvgIpc) is 3.30. The third-order valence-corrected chi connectivity index (χ3v) is 7.71. The molecule has 6 nitrogen and oxygen atoms in total. The van der Waals surface area contributed by atoms with Gasteiger partial charge in [0.1, 0.15) is 17.5 Å². The number of halogens is 4. The monoisotopic (exact) mass is 510 g/mol. The van der Waals surface area contributed by atoms with Gasteiger partial charge < -0.3 is 15.4 Å². The molecule has 2 aromatic heterocycles. The molecule has 0 radical (unpaired) electrons. The van der Waals surface area contributed by atoms with Crippen molar-refractivity contribution in [2.24, 2.45) is 17.8 Å². The van der Waals surface area contributed by atoms with Gasteiger partial charge in [0, 0.05) is 40.9 Å². The summed E-state index contributed by atoms with van der Waals surface area (Å²) in [5.41, 5.74) is 0.886. The lowest BCUT2D eigenvalue weighted by molar-refractivity contribution is -0.148. The zero-order valence-corrected chi connectivity index (χ0v) is 19.4. The first-order valence-electron chi connectivity index (χ1n) is 12.1. The molecule has 37 heavy (non-hydrogen) atoms. The molecule has 3 fully saturated rings. The highest BCUT2D eigenvalue weighted by Gasteiger charge is 2.47. The number of benzene rings is 2. The van der Waals surface area contributed by atoms with Gasteiger partial charge in [-0.25, -0.2) is 27.5 Å². The minimum Gasteiger partial charge on any atom is -0.481 e. The summed E-state index contributed by atoms with van der Waals surface area (Å²) in [6, 6.07) is 6.45. The number of anilines is 1. The summed E-state index contributed by atoms with van der Waals surface area (Å²) in [5, 5.41) is 13.5. The maximum atomic E-state index is 14.3. The summed E-state index contributed by atoms with van der Waals surface area (Å²) in [6.45, 7) is 0. The Bertz CT molecular complexity index is 1530. The molecular weight excluding hydrogens is 488 g/mol. The summed E-state index contributed by atoms with van der Waals surface area (Å²) >= 11 is 0. The molecule has 2 bridgehead atoms. The van der Waals surface area contributed by atoms with Crippen LogP contribution in [0, 0.1) is 41.0 Å². The van der Waals surface area contributed by atoms with Crippen molar-refractivity contribution < 1.29 is 27.5 Å². The van der Waals surface area contributed by atoms with Crippen LogP contribution in [0.15, 0.2) is 42.6 Å². The van der Waals surface area contributed by atoms with Crippen LogP contribution in [0.4, 0.5) is 23.4 Å². The van der Waals surface area contributed by atoms with Crippen LogP contribution in [0.2, 0.25) is 0 Å². The smallest absolute Gasteiger partial charge is 0.308 e. The number of H-pyrrole nitrogens is 1. The minimum atomic E-state index is -1.06. The van der Waals surface area contributed by atoms with E-state index >= 15 is 0 Å². The molecule has 4 aromatic rings. The number of aliphatic carboxylic acids is 1. The van der Waals surface area contributed by atoms with E-state index in [4.69, 9.17) is 0 Å². The Kier molecular flexibility index (Phi) is 5.62. The van der Waals surface area contributed by atoms with E-state index in [2.05, 4.69) is 20.3 Å². The van der Waals surface area contributed by atoms with Crippen molar-refractivity contribution in [1.29, 1.82) is 0 Å². The van der Waals surface area contributed by atoms with Gasteiger partial charge in [0.15, 0.2) is 17.5 Å². The first kappa shape index (κ1) is 23.4. The van der Waals surface area contributed by atoms with Crippen LogP contribution in [0.25, 0.3) is 33.5 Å². The molecule has 0 spiro atoms. The number of nitrogens with one attached hydrogen (secondary N) is 2. The predicted molar refractivity (Wildman–Crippen MR) is 129 cm³/mol. The number of rotatable bonds is 5. The highest BCUT2D eigenvalue weighted by molar-refractivity contribution is 5.94. The molecule has 0 saturated heterocycles. The van der Waals surface area contributed by atoms with E-state index in [0.717, 1.165) is 49.9 Å². The first-order chi connectivity index (χ1) is 17.8. The van der Waals surface area contributed by atoms with E-state index in [9.17, 15) is 27.5 Å². The van der Waals surface area contributed by atoms with Crippen LogP contribution < -0.4 is 5.32 Å². The molecule has 2 atom stereocenters. The molecule has 2 heterocycles. The average molecular weight is 510 g/mol. The first-order valence-corrected chi connectivity index (χ1v) is 12.1. The molecule has 3 aliphatic carbocycles. The summed E-state index contributed by atoms with van der Waals surface area (Å²) < 4.78 is 56.1. The SMILES string of the molecule is O=C(O)C1C2CCC(CC2)C1Nc1cc(-c2ccc(F)c(F)c2)nc(-c2c[nH]c3c(F)cc(F)cc23)n1. The molecule has 3 saturated carbocycles. The lowest BCUT2D eigenvalue weighted by atomic mass is 9.61. The Balaban J connectivity index is 1.49. The fourth-order valence-electron chi connectivity index (χ4n) is 5.97. The highest BCUT2D eigenvalue weighted by atomic mass is 19.2. The number of carbonyl (C=O) groups is 1. The summed E-state index contributed by atoms with van der Waals surface area (Å²) in [5.74, 6) is -4.49. The van der Waals surface area contributed by atoms with E-state index in [1.807, 2.05) is 0 Å². The van der Waals surface area contributed by atoms with Crippen molar-refractivity contribution in [3.63, 3.8) is 0 Å². The van der Waals surface area contributed by atoms with E-state index in [0.29, 0.717) is 11.4 Å². The quantitative estimate of drug-likeness (QED) is 0.280. The lowest BCUT2D eigenvalue weighted by Crippen LogP contribution is -2.51. The van der Waals surface area contributed by atoms with Crippen LogP contribution in [0.5, 0.6) is 0 Å². The van der Waals surface area contributed by atoms with Gasteiger partial charge in [-0.15, -0.1) is 0 Å². The fourth-order valence-corrected chi connectivity index (χ4v) is 5.97. The number of aromatic amines is 1. The Morgan fingerprint density at radius 3 is 2.41 bits per heavy atom. The lowest BCUT2D eigenvalue weighted by Gasteiger charge is -2.47. The predicted octanol–water partition coefficient (Wildman–Crippen LogP) is 6.15. The van der Waals surface area contributed by atoms with Gasteiger partial charge in [0.2, 0.25) is 0 Å². The second kappa shape index (κ2) is 8.86. The van der Waals surface area contributed by atoms with Crippen molar-refractivity contribution in [1.82, 2.24) is 15.0 Å². The topological polar surface area (TPSA) is 90.9 Å². The largest absolute Gasteiger partial charge is 0.481 e. The zero-order valence-electron chi connectivity index (χ0n) is 19.4. The van der Waals surface area contributed by atoms with E-state index < -0.39 is 35.2 Å². The van der Waals surface area contributed by atoms with Gasteiger partial charge in [0.05, 0.1) is 17.1 Å². The Morgan fingerprint density at radius 2 is 1.68 bits per heavy atom. The highest BCUT2D eigenvalue weighted by Crippen LogP contribution is 2.46. The fraction of sp³-hybridized carbons (Fsp3) is 0.296. The van der Waals surface area contributed by atoms with Crippen LogP contribution in [-0.4, -0.2) is 32.1 Å². The maximum Gasteiger partial charge on any atom is 0.308 e. The zero-order chi connectivity index (χ0) is 25.8. The van der Waals surface area contributed by atoms with Crippen LogP contribution in [0.1, 0.15) is 25.7 Å². The van der Waals surface area contributed by atoms with Gasteiger partial charge >= 0.3 is 5.97 Å². The van der Waals surface area contributed by atoms with Gasteiger partial charge in [-0.2, -0.15) is 0 Å². The maximum absolute atomic E-state index is 14.3. The van der Waals surface area contributed by atoms with Crippen molar-refractivity contribution in [2.75, 3.05) is 5.32 Å². The third kappa shape index (κ3) is 4.10. The summed E-state index contributed by atoms with van der Waals surface area (Å²) in [6.07, 6.45) is 4.98. The molecule has 3 N–H and O–H groups in total. The van der Waals surface area contributed by atoms with E-state index in [-0.39, 0.29) is 45.9 Å². The van der Waals surface area contributed by atoms with E-state index in [1.54, 1.807) is 6.07 Å². The third-order valence-electron chi connectivity index (χ3n) is 7.71. The molecule has 2 aromatic carbocycles. The number of carboxylic acids is 1. The molecule has 2 unspecified atom stereocenters.